The van der Waals surface area contributed by atoms with E-state index in [0.717, 1.165) is 24.1 Å². The van der Waals surface area contributed by atoms with Gasteiger partial charge >= 0.3 is 0 Å². The molecule has 0 saturated carbocycles. The van der Waals surface area contributed by atoms with Gasteiger partial charge in [0.05, 0.1) is 24.5 Å². The normalized spacial score (nSPS) is 18.4. The topological polar surface area (TPSA) is 58.4 Å². The first kappa shape index (κ1) is 16.1. The predicted molar refractivity (Wildman–Crippen MR) is 94.6 cm³/mol. The Morgan fingerprint density at radius 1 is 1.20 bits per heavy atom. The lowest BCUT2D eigenvalue weighted by molar-refractivity contribution is -0.136. The highest BCUT2D eigenvalue weighted by Crippen LogP contribution is 2.25. The minimum Gasteiger partial charge on any atom is -0.386 e. The molecule has 2 heterocycles. The second-order valence-electron chi connectivity index (χ2n) is 6.89. The number of benzene rings is 1. The van der Waals surface area contributed by atoms with Crippen LogP contribution in [0.1, 0.15) is 35.9 Å². The van der Waals surface area contributed by atoms with Gasteiger partial charge in [0, 0.05) is 18.9 Å². The van der Waals surface area contributed by atoms with Crippen LogP contribution >= 0.6 is 0 Å². The maximum absolute atomic E-state index is 12.6. The van der Waals surface area contributed by atoms with Crippen molar-refractivity contribution >= 4 is 5.91 Å². The summed E-state index contributed by atoms with van der Waals surface area (Å²) in [6, 6.07) is 11.9. The molecule has 4 rings (SSSR count). The summed E-state index contributed by atoms with van der Waals surface area (Å²) in [4.78, 5) is 14.5. The molecule has 1 aromatic heterocycles. The summed E-state index contributed by atoms with van der Waals surface area (Å²) in [5, 5.41) is 15.1. The van der Waals surface area contributed by atoms with E-state index in [1.54, 1.807) is 0 Å². The van der Waals surface area contributed by atoms with E-state index in [1.165, 1.54) is 0 Å². The quantitative estimate of drug-likeness (QED) is 0.872. The summed E-state index contributed by atoms with van der Waals surface area (Å²) in [6.07, 6.45) is 5.83. The van der Waals surface area contributed by atoms with Crippen LogP contribution in [-0.4, -0.2) is 32.2 Å². The van der Waals surface area contributed by atoms with Crippen molar-refractivity contribution in [2.45, 2.75) is 38.5 Å². The van der Waals surface area contributed by atoms with Gasteiger partial charge < -0.3 is 10.0 Å². The standard InChI is InChI=1S/C20H23N3O2/c24-19(12-15-6-2-1-3-7-15)18-13-17-14-22(10-11-23(17)21-18)20(25)16-8-4-5-9-16/h1-7,13,16,19,24H,8-12,14H2/t19-/m1/s1. The summed E-state index contributed by atoms with van der Waals surface area (Å²) in [5.41, 5.74) is 2.79. The van der Waals surface area contributed by atoms with Gasteiger partial charge in [-0.05, 0) is 24.5 Å². The SMILES string of the molecule is O=C(C1CC=CC1)N1CCn2nc([C@H](O)Cc3ccccc3)cc2C1. The van der Waals surface area contributed by atoms with Crippen molar-refractivity contribution in [1.29, 1.82) is 0 Å². The fourth-order valence-electron chi connectivity index (χ4n) is 3.66. The third kappa shape index (κ3) is 3.37. The van der Waals surface area contributed by atoms with Crippen LogP contribution in [-0.2, 0) is 24.3 Å². The molecule has 25 heavy (non-hydrogen) atoms. The number of allylic oxidation sites excluding steroid dienone is 2. The molecule has 1 aromatic carbocycles. The van der Waals surface area contributed by atoms with E-state index >= 15 is 0 Å². The molecular weight excluding hydrogens is 314 g/mol. The molecule has 1 atom stereocenters. The van der Waals surface area contributed by atoms with Crippen LogP contribution in [0, 0.1) is 5.92 Å². The Balaban J connectivity index is 1.44. The van der Waals surface area contributed by atoms with Gasteiger partial charge in [-0.2, -0.15) is 5.10 Å². The number of amides is 1. The molecule has 0 spiro atoms. The molecule has 130 valence electrons. The Morgan fingerprint density at radius 3 is 2.72 bits per heavy atom. The highest BCUT2D eigenvalue weighted by molar-refractivity contribution is 5.79. The van der Waals surface area contributed by atoms with Gasteiger partial charge in [0.1, 0.15) is 6.10 Å². The minimum atomic E-state index is -0.622. The molecular formula is C20H23N3O2. The average molecular weight is 337 g/mol. The molecule has 1 aliphatic heterocycles. The fraction of sp³-hybridized carbons (Fsp3) is 0.400. The third-order valence-corrected chi connectivity index (χ3v) is 5.10. The van der Waals surface area contributed by atoms with Gasteiger partial charge in [-0.1, -0.05) is 42.5 Å². The van der Waals surface area contributed by atoms with Gasteiger partial charge in [0.15, 0.2) is 0 Å². The number of fused-ring (bicyclic) bond motifs is 1. The highest BCUT2D eigenvalue weighted by Gasteiger charge is 2.29. The second-order valence-corrected chi connectivity index (χ2v) is 6.89. The smallest absolute Gasteiger partial charge is 0.226 e. The van der Waals surface area contributed by atoms with Gasteiger partial charge in [-0.3, -0.25) is 9.48 Å². The van der Waals surface area contributed by atoms with Crippen molar-refractivity contribution in [3.05, 3.63) is 65.5 Å². The largest absolute Gasteiger partial charge is 0.386 e. The molecule has 5 nitrogen and oxygen atoms in total. The average Bonchev–Trinajstić information content (AvgIpc) is 3.31. The molecule has 0 fully saturated rings. The first-order valence-electron chi connectivity index (χ1n) is 8.93. The maximum atomic E-state index is 12.6. The zero-order valence-electron chi connectivity index (χ0n) is 14.2. The Bertz CT molecular complexity index is 773. The highest BCUT2D eigenvalue weighted by atomic mass is 16.3. The zero-order valence-corrected chi connectivity index (χ0v) is 14.2. The molecule has 2 aromatic rings. The lowest BCUT2D eigenvalue weighted by atomic mass is 10.0. The predicted octanol–water partition coefficient (Wildman–Crippen LogP) is 2.47. The fourth-order valence-corrected chi connectivity index (χ4v) is 3.66. The lowest BCUT2D eigenvalue weighted by Gasteiger charge is -2.29. The Morgan fingerprint density at radius 2 is 1.96 bits per heavy atom. The number of hydrogen-bond donors (Lipinski definition) is 1. The van der Waals surface area contributed by atoms with Crippen molar-refractivity contribution in [3.63, 3.8) is 0 Å². The van der Waals surface area contributed by atoms with Crippen molar-refractivity contribution in [1.82, 2.24) is 14.7 Å². The van der Waals surface area contributed by atoms with Crippen LogP contribution in [0.25, 0.3) is 0 Å². The zero-order chi connectivity index (χ0) is 17.2. The number of aliphatic hydroxyl groups excluding tert-OH is 1. The summed E-state index contributed by atoms with van der Waals surface area (Å²) in [5.74, 6) is 0.349. The molecule has 0 bridgehead atoms. The first-order valence-corrected chi connectivity index (χ1v) is 8.93. The van der Waals surface area contributed by atoms with E-state index in [0.29, 0.717) is 31.7 Å². The molecule has 1 aliphatic carbocycles. The number of rotatable bonds is 4. The lowest BCUT2D eigenvalue weighted by Crippen LogP contribution is -2.41. The molecule has 1 amide bonds. The van der Waals surface area contributed by atoms with E-state index in [4.69, 9.17) is 0 Å². The number of aliphatic hydroxyl groups is 1. The Kier molecular flexibility index (Phi) is 4.40. The van der Waals surface area contributed by atoms with E-state index in [-0.39, 0.29) is 11.8 Å². The number of nitrogens with zero attached hydrogens (tertiary/aromatic N) is 3. The van der Waals surface area contributed by atoms with Crippen LogP contribution in [0.5, 0.6) is 0 Å². The molecule has 1 N–H and O–H groups in total. The Hall–Kier alpha value is -2.40. The Labute approximate surface area is 147 Å². The summed E-state index contributed by atoms with van der Waals surface area (Å²) in [6.45, 7) is 1.97. The summed E-state index contributed by atoms with van der Waals surface area (Å²) in [7, 11) is 0. The van der Waals surface area contributed by atoms with Gasteiger partial charge in [0.2, 0.25) is 5.91 Å². The monoisotopic (exact) mass is 337 g/mol. The van der Waals surface area contributed by atoms with E-state index < -0.39 is 6.10 Å². The van der Waals surface area contributed by atoms with E-state index in [2.05, 4.69) is 17.3 Å². The van der Waals surface area contributed by atoms with Crippen LogP contribution in [0.4, 0.5) is 0 Å². The third-order valence-electron chi connectivity index (χ3n) is 5.10. The van der Waals surface area contributed by atoms with Crippen molar-refractivity contribution in [2.75, 3.05) is 6.54 Å². The van der Waals surface area contributed by atoms with E-state index in [9.17, 15) is 9.90 Å². The van der Waals surface area contributed by atoms with Crippen molar-refractivity contribution in [2.24, 2.45) is 5.92 Å². The first-order chi connectivity index (χ1) is 12.2. The van der Waals surface area contributed by atoms with Gasteiger partial charge in [-0.15, -0.1) is 0 Å². The summed E-state index contributed by atoms with van der Waals surface area (Å²) < 4.78 is 1.93. The van der Waals surface area contributed by atoms with Crippen LogP contribution < -0.4 is 0 Å². The maximum Gasteiger partial charge on any atom is 0.226 e. The van der Waals surface area contributed by atoms with Gasteiger partial charge in [0.25, 0.3) is 0 Å². The summed E-state index contributed by atoms with van der Waals surface area (Å²) >= 11 is 0. The second kappa shape index (κ2) is 6.84. The van der Waals surface area contributed by atoms with Crippen LogP contribution in [0.3, 0.4) is 0 Å². The molecule has 0 unspecified atom stereocenters. The van der Waals surface area contributed by atoms with Crippen LogP contribution in [0.2, 0.25) is 0 Å². The van der Waals surface area contributed by atoms with Gasteiger partial charge in [-0.25, -0.2) is 0 Å². The van der Waals surface area contributed by atoms with Crippen molar-refractivity contribution in [3.8, 4) is 0 Å². The molecule has 0 saturated heterocycles. The minimum absolute atomic E-state index is 0.109. The number of hydrogen-bond acceptors (Lipinski definition) is 3. The van der Waals surface area contributed by atoms with Crippen LogP contribution in [0.15, 0.2) is 48.6 Å². The molecule has 5 heteroatoms. The number of carbonyl (C=O) groups is 1. The number of carbonyl (C=O) groups excluding carboxylic acids is 1. The van der Waals surface area contributed by atoms with E-state index in [1.807, 2.05) is 46.0 Å². The van der Waals surface area contributed by atoms with Crippen molar-refractivity contribution < 1.29 is 9.90 Å². The molecule has 2 aliphatic rings. The molecule has 0 radical (unpaired) electrons. The number of aromatic nitrogens is 2.